The third kappa shape index (κ3) is 5.92. The number of fused-ring (bicyclic) bond motifs is 1. The van der Waals surface area contributed by atoms with Gasteiger partial charge in [-0.15, -0.1) is 0 Å². The van der Waals surface area contributed by atoms with E-state index in [1.807, 2.05) is 19.0 Å². The first-order valence-electron chi connectivity index (χ1n) is 11.8. The second kappa shape index (κ2) is 11.0. The van der Waals surface area contributed by atoms with Crippen molar-refractivity contribution in [2.45, 2.75) is 19.2 Å². The Balaban J connectivity index is 1.88. The monoisotopic (exact) mass is 538 g/mol. The number of alkyl halides is 3. The second-order valence-corrected chi connectivity index (χ2v) is 8.79. The van der Waals surface area contributed by atoms with Gasteiger partial charge in [-0.2, -0.15) is 22.9 Å². The maximum atomic E-state index is 13.4. The van der Waals surface area contributed by atoms with Crippen LogP contribution in [0.4, 0.5) is 18.9 Å². The molecule has 0 aliphatic rings. The number of carbonyl (C=O) groups excluding carboxylic acids is 1. The molecule has 0 bridgehead atoms. The number of nitrogens with zero attached hydrogens (tertiary/aromatic N) is 4. The Morgan fingerprint density at radius 1 is 1.08 bits per heavy atom. The number of benzene rings is 3. The largest absolute Gasteiger partial charge is 0.478 e. The lowest BCUT2D eigenvalue weighted by Gasteiger charge is -2.18. The molecule has 0 aliphatic carbocycles. The lowest BCUT2D eigenvalue weighted by atomic mass is 10.1. The number of carbonyl (C=O) groups is 1. The van der Waals surface area contributed by atoms with Gasteiger partial charge in [-0.1, -0.05) is 24.3 Å². The Labute approximate surface area is 221 Å². The van der Waals surface area contributed by atoms with E-state index in [-0.39, 0.29) is 22.5 Å². The summed E-state index contributed by atoms with van der Waals surface area (Å²) in [5.74, 6) is -0.378. The topological polar surface area (TPSA) is 86.0 Å². The van der Waals surface area contributed by atoms with E-state index in [2.05, 4.69) is 10.1 Å². The van der Waals surface area contributed by atoms with Crippen molar-refractivity contribution < 1.29 is 27.4 Å². The van der Waals surface area contributed by atoms with Gasteiger partial charge >= 0.3 is 12.1 Å². The highest BCUT2D eigenvalue weighted by atomic mass is 19.4. The Morgan fingerprint density at radius 2 is 1.82 bits per heavy atom. The molecule has 202 valence electrons. The molecule has 39 heavy (non-hydrogen) atoms. The molecule has 11 heteroatoms. The summed E-state index contributed by atoms with van der Waals surface area (Å²) in [6, 6.07) is 16.2. The van der Waals surface area contributed by atoms with Gasteiger partial charge in [0.15, 0.2) is 11.9 Å². The minimum Gasteiger partial charge on any atom is -0.478 e. The molecule has 0 amide bonds. The number of aromatic nitrogens is 2. The predicted molar refractivity (Wildman–Crippen MR) is 142 cm³/mol. The summed E-state index contributed by atoms with van der Waals surface area (Å²) in [5, 5.41) is 4.57. The highest BCUT2D eigenvalue weighted by Crippen LogP contribution is 2.32. The first-order valence-corrected chi connectivity index (χ1v) is 11.8. The number of hydrogen-bond acceptors (Lipinski definition) is 7. The molecule has 4 rings (SSSR count). The predicted octanol–water partition coefficient (Wildman–Crippen LogP) is 4.97. The zero-order chi connectivity index (χ0) is 28.3. The van der Waals surface area contributed by atoms with Crippen molar-refractivity contribution in [2.75, 3.05) is 26.1 Å². The van der Waals surface area contributed by atoms with Crippen LogP contribution in [0.1, 0.15) is 18.1 Å². The van der Waals surface area contributed by atoms with Crippen LogP contribution in [-0.4, -0.2) is 49.2 Å². The number of anilines is 1. The SMILES string of the molecule is COC(=O)[C@H](C)Oc1cc(N(C)C)ccc1C=Nn1c(-c2cccc(C(F)(F)F)c2)nc2ccccc2c1=O. The summed E-state index contributed by atoms with van der Waals surface area (Å²) >= 11 is 0. The van der Waals surface area contributed by atoms with Crippen LogP contribution in [-0.2, 0) is 15.7 Å². The zero-order valence-electron chi connectivity index (χ0n) is 21.6. The van der Waals surface area contributed by atoms with Crippen molar-refractivity contribution in [1.82, 2.24) is 9.66 Å². The van der Waals surface area contributed by atoms with Gasteiger partial charge < -0.3 is 14.4 Å². The molecular weight excluding hydrogens is 513 g/mol. The fraction of sp³-hybridized carbons (Fsp3) is 0.214. The van der Waals surface area contributed by atoms with Crippen molar-refractivity contribution in [3.63, 3.8) is 0 Å². The molecule has 1 heterocycles. The van der Waals surface area contributed by atoms with E-state index in [9.17, 15) is 22.8 Å². The molecule has 0 saturated heterocycles. The number of halogens is 3. The van der Waals surface area contributed by atoms with Crippen LogP contribution in [0.15, 0.2) is 76.6 Å². The van der Waals surface area contributed by atoms with Crippen LogP contribution in [0.5, 0.6) is 5.75 Å². The number of hydrogen-bond donors (Lipinski definition) is 0. The average Bonchev–Trinajstić information content (AvgIpc) is 2.92. The molecule has 0 radical (unpaired) electrons. The zero-order valence-corrected chi connectivity index (χ0v) is 21.6. The molecule has 4 aromatic rings. The Hall–Kier alpha value is -4.67. The molecule has 1 aromatic heterocycles. The van der Waals surface area contributed by atoms with E-state index in [1.54, 1.807) is 42.5 Å². The van der Waals surface area contributed by atoms with Gasteiger partial charge in [0.2, 0.25) is 0 Å². The summed E-state index contributed by atoms with van der Waals surface area (Å²) in [6.07, 6.45) is -4.20. The third-order valence-electron chi connectivity index (χ3n) is 5.86. The number of ether oxygens (including phenoxy) is 2. The van der Waals surface area contributed by atoms with Gasteiger partial charge in [0.05, 0.1) is 29.8 Å². The van der Waals surface area contributed by atoms with E-state index in [1.165, 1.54) is 32.4 Å². The van der Waals surface area contributed by atoms with Crippen molar-refractivity contribution >= 4 is 28.8 Å². The molecular formula is C28H25F3N4O4. The summed E-state index contributed by atoms with van der Waals surface area (Å²) < 4.78 is 51.8. The number of rotatable bonds is 7. The van der Waals surface area contributed by atoms with Crippen molar-refractivity contribution in [3.05, 3.63) is 88.2 Å². The van der Waals surface area contributed by atoms with Gasteiger partial charge in [0.25, 0.3) is 5.56 Å². The average molecular weight is 539 g/mol. The number of esters is 1. The van der Waals surface area contributed by atoms with Crippen LogP contribution in [0.3, 0.4) is 0 Å². The summed E-state index contributed by atoms with van der Waals surface area (Å²) in [6.45, 7) is 1.53. The second-order valence-electron chi connectivity index (χ2n) is 8.79. The third-order valence-corrected chi connectivity index (χ3v) is 5.86. The van der Waals surface area contributed by atoms with E-state index < -0.39 is 29.4 Å². The van der Waals surface area contributed by atoms with E-state index >= 15 is 0 Å². The summed E-state index contributed by atoms with van der Waals surface area (Å²) in [4.78, 5) is 31.7. The summed E-state index contributed by atoms with van der Waals surface area (Å²) in [5.41, 5.74) is 0.0975. The number of para-hydroxylation sites is 1. The molecule has 0 unspecified atom stereocenters. The van der Waals surface area contributed by atoms with Crippen molar-refractivity contribution in [3.8, 4) is 17.1 Å². The lowest BCUT2D eigenvalue weighted by molar-refractivity contribution is -0.148. The fourth-order valence-electron chi connectivity index (χ4n) is 3.79. The fourth-order valence-corrected chi connectivity index (χ4v) is 3.79. The Kier molecular flexibility index (Phi) is 7.70. The van der Waals surface area contributed by atoms with Gasteiger partial charge in [-0.3, -0.25) is 4.79 Å². The number of methoxy groups -OCH3 is 1. The van der Waals surface area contributed by atoms with Crippen LogP contribution >= 0.6 is 0 Å². The minimum absolute atomic E-state index is 0.0589. The van der Waals surface area contributed by atoms with Gasteiger partial charge in [0, 0.05) is 37.0 Å². The standard InChI is InChI=1S/C28H25F3N4O4/c1-17(27(37)38-4)39-24-15-21(34(2)3)13-12-19(24)16-32-35-25(18-8-7-9-20(14-18)28(29,30)31)33-23-11-6-5-10-22(23)26(35)36/h5-17H,1-4H3/t17-/m0/s1. The first kappa shape index (κ1) is 27.4. The van der Waals surface area contributed by atoms with Crippen LogP contribution in [0.25, 0.3) is 22.3 Å². The van der Waals surface area contributed by atoms with Gasteiger partial charge in [-0.25, -0.2) is 9.78 Å². The normalized spacial score (nSPS) is 12.5. The molecule has 3 aromatic carbocycles. The van der Waals surface area contributed by atoms with Crippen LogP contribution < -0.4 is 15.2 Å². The van der Waals surface area contributed by atoms with Gasteiger partial charge in [0.1, 0.15) is 5.75 Å². The minimum atomic E-state index is -4.59. The quantitative estimate of drug-likeness (QED) is 0.244. The van der Waals surface area contributed by atoms with E-state index in [4.69, 9.17) is 9.47 Å². The van der Waals surface area contributed by atoms with E-state index in [0.717, 1.165) is 22.5 Å². The molecule has 0 saturated carbocycles. The molecule has 1 atom stereocenters. The Bertz CT molecular complexity index is 1610. The van der Waals surface area contributed by atoms with E-state index in [0.29, 0.717) is 11.1 Å². The molecule has 8 nitrogen and oxygen atoms in total. The smallest absolute Gasteiger partial charge is 0.416 e. The van der Waals surface area contributed by atoms with Crippen LogP contribution in [0, 0.1) is 0 Å². The van der Waals surface area contributed by atoms with Crippen molar-refractivity contribution in [1.29, 1.82) is 0 Å². The van der Waals surface area contributed by atoms with Crippen molar-refractivity contribution in [2.24, 2.45) is 5.10 Å². The highest BCUT2D eigenvalue weighted by molar-refractivity contribution is 5.86. The maximum Gasteiger partial charge on any atom is 0.416 e. The first-order chi connectivity index (χ1) is 18.5. The molecule has 0 N–H and O–H groups in total. The lowest BCUT2D eigenvalue weighted by Crippen LogP contribution is -2.25. The maximum absolute atomic E-state index is 13.4. The van der Waals surface area contributed by atoms with Crippen LogP contribution in [0.2, 0.25) is 0 Å². The molecule has 0 aliphatic heterocycles. The summed E-state index contributed by atoms with van der Waals surface area (Å²) in [7, 11) is 4.91. The molecule has 0 fully saturated rings. The highest BCUT2D eigenvalue weighted by Gasteiger charge is 2.31. The van der Waals surface area contributed by atoms with Gasteiger partial charge in [-0.05, 0) is 43.3 Å². The Morgan fingerprint density at radius 3 is 2.51 bits per heavy atom. The molecule has 0 spiro atoms.